The molecule has 17 atom stereocenters. The van der Waals surface area contributed by atoms with Crippen molar-refractivity contribution in [1.29, 1.82) is 0 Å². The molecule has 486 valence electrons. The summed E-state index contributed by atoms with van der Waals surface area (Å²) in [6.45, 7) is 1.67. The van der Waals surface area contributed by atoms with E-state index in [0.29, 0.717) is 12.8 Å². The van der Waals surface area contributed by atoms with Crippen LogP contribution >= 0.6 is 0 Å². The van der Waals surface area contributed by atoms with Gasteiger partial charge >= 0.3 is 0 Å². The Morgan fingerprint density at radius 3 is 1.24 bits per heavy atom. The Labute approximate surface area is 498 Å². The average Bonchev–Trinajstić information content (AvgIpc) is 3.52. The predicted molar refractivity (Wildman–Crippen MR) is 319 cm³/mol. The van der Waals surface area contributed by atoms with E-state index in [0.717, 1.165) is 64.2 Å². The van der Waals surface area contributed by atoms with Crippen LogP contribution in [0.5, 0.6) is 0 Å². The number of carbonyl (C=O) groups is 1. The van der Waals surface area contributed by atoms with Crippen LogP contribution in [0.25, 0.3) is 0 Å². The first-order chi connectivity index (χ1) is 40.3. The third kappa shape index (κ3) is 30.2. The molecule has 12 N–H and O–H groups in total. The van der Waals surface area contributed by atoms with E-state index in [9.17, 15) is 61.0 Å². The Balaban J connectivity index is 1.28. The minimum atomic E-state index is -1.97. The Kier molecular flexibility index (Phi) is 42.7. The molecule has 19 nitrogen and oxygen atoms in total. The minimum Gasteiger partial charge on any atom is -0.394 e. The van der Waals surface area contributed by atoms with Crippen molar-refractivity contribution in [3.05, 3.63) is 36.5 Å². The highest BCUT2D eigenvalue weighted by molar-refractivity contribution is 5.76. The number of hydrogen-bond donors (Lipinski definition) is 12. The van der Waals surface area contributed by atoms with Gasteiger partial charge < -0.3 is 89.9 Å². The fraction of sp³-hybridized carbons (Fsp3) is 0.891. The van der Waals surface area contributed by atoms with Crippen molar-refractivity contribution in [2.75, 3.05) is 26.4 Å². The largest absolute Gasteiger partial charge is 0.394 e. The van der Waals surface area contributed by atoms with Gasteiger partial charge in [-0.25, -0.2) is 0 Å². The highest BCUT2D eigenvalue weighted by atomic mass is 16.8. The van der Waals surface area contributed by atoms with Crippen molar-refractivity contribution in [3.8, 4) is 0 Å². The first-order valence-corrected chi connectivity index (χ1v) is 32.7. The van der Waals surface area contributed by atoms with Crippen molar-refractivity contribution in [3.63, 3.8) is 0 Å². The van der Waals surface area contributed by atoms with Gasteiger partial charge in [0.15, 0.2) is 18.9 Å². The first kappa shape index (κ1) is 75.3. The van der Waals surface area contributed by atoms with Crippen molar-refractivity contribution in [1.82, 2.24) is 5.32 Å². The van der Waals surface area contributed by atoms with E-state index >= 15 is 0 Å². The Morgan fingerprint density at radius 1 is 0.434 bits per heavy atom. The van der Waals surface area contributed by atoms with Crippen LogP contribution < -0.4 is 5.32 Å². The van der Waals surface area contributed by atoms with E-state index in [-0.39, 0.29) is 18.9 Å². The van der Waals surface area contributed by atoms with Gasteiger partial charge in [-0.05, 0) is 51.4 Å². The van der Waals surface area contributed by atoms with Gasteiger partial charge in [0.05, 0.1) is 38.6 Å². The lowest BCUT2D eigenvalue weighted by Gasteiger charge is -2.48. The summed E-state index contributed by atoms with van der Waals surface area (Å²) in [6.07, 6.45) is 26.2. The number of aliphatic hydroxyl groups excluding tert-OH is 11. The summed E-state index contributed by atoms with van der Waals surface area (Å²) in [4.78, 5) is 13.2. The molecule has 0 aromatic rings. The second-order valence-corrected chi connectivity index (χ2v) is 23.6. The molecule has 3 aliphatic rings. The number of carbonyl (C=O) groups excluding carboxylic acids is 1. The van der Waals surface area contributed by atoms with Crippen LogP contribution in [-0.2, 0) is 33.2 Å². The summed E-state index contributed by atoms with van der Waals surface area (Å²) in [5, 5.41) is 120. The summed E-state index contributed by atoms with van der Waals surface area (Å²) in [6, 6.07) is -0.882. The molecule has 3 heterocycles. The third-order valence-corrected chi connectivity index (χ3v) is 16.5. The molecule has 0 aliphatic carbocycles. The van der Waals surface area contributed by atoms with Crippen LogP contribution in [0.1, 0.15) is 232 Å². The molecule has 0 bridgehead atoms. The molecule has 0 aromatic carbocycles. The average molecular weight is 1190 g/mol. The van der Waals surface area contributed by atoms with E-state index in [1.54, 1.807) is 0 Å². The standard InChI is InChI=1S/C64H117NO18/c1-3-5-7-9-10-11-12-13-14-15-16-17-18-19-20-21-22-23-24-25-26-27-28-29-30-31-32-33-34-35-36-38-40-42-52(70)65-47(48(69)41-39-37-8-6-4-2)46-78-62-58(76)55(73)60(50(44-67)80-62)83-64-59(77)56(74)61(51(45-68)81-64)82-63-57(75)54(72)53(71)49(43-66)79-63/h12-13,15-16,18-19,47-51,53-64,66-69,71-77H,3-11,14,17,20-46H2,1-2H3,(H,65,70)/b13-12-,16-15-,19-18-. The Hall–Kier alpha value is -1.99. The minimum absolute atomic E-state index is 0.249. The van der Waals surface area contributed by atoms with Gasteiger partial charge in [0.25, 0.3) is 0 Å². The molecule has 3 saturated heterocycles. The zero-order valence-electron chi connectivity index (χ0n) is 50.9. The number of amides is 1. The number of nitrogens with one attached hydrogen (secondary N) is 1. The maximum absolute atomic E-state index is 13.2. The number of allylic oxidation sites excluding steroid dienone is 6. The summed E-state index contributed by atoms with van der Waals surface area (Å²) < 4.78 is 34.2. The lowest BCUT2D eigenvalue weighted by Crippen LogP contribution is -2.66. The highest BCUT2D eigenvalue weighted by Crippen LogP contribution is 2.33. The molecular weight excluding hydrogens is 1070 g/mol. The summed E-state index contributed by atoms with van der Waals surface area (Å²) >= 11 is 0. The third-order valence-electron chi connectivity index (χ3n) is 16.5. The zero-order chi connectivity index (χ0) is 60.5. The molecule has 3 aliphatic heterocycles. The van der Waals surface area contributed by atoms with Gasteiger partial charge in [-0.2, -0.15) is 0 Å². The van der Waals surface area contributed by atoms with E-state index < -0.39 is 124 Å². The maximum atomic E-state index is 13.2. The molecule has 0 spiro atoms. The van der Waals surface area contributed by atoms with Crippen molar-refractivity contribution in [2.45, 2.75) is 336 Å². The van der Waals surface area contributed by atoms with Gasteiger partial charge in [-0.1, -0.05) is 211 Å². The van der Waals surface area contributed by atoms with E-state index in [1.807, 2.05) is 0 Å². The van der Waals surface area contributed by atoms with E-state index in [2.05, 4.69) is 55.6 Å². The van der Waals surface area contributed by atoms with Crippen LogP contribution in [0.3, 0.4) is 0 Å². The second-order valence-electron chi connectivity index (χ2n) is 23.6. The van der Waals surface area contributed by atoms with Gasteiger partial charge in [0.1, 0.15) is 73.2 Å². The molecule has 3 fully saturated rings. The maximum Gasteiger partial charge on any atom is 0.220 e. The van der Waals surface area contributed by atoms with Gasteiger partial charge in [0, 0.05) is 6.42 Å². The predicted octanol–water partition coefficient (Wildman–Crippen LogP) is 7.27. The van der Waals surface area contributed by atoms with Crippen LogP contribution in [0.15, 0.2) is 36.5 Å². The molecule has 1 amide bonds. The fourth-order valence-corrected chi connectivity index (χ4v) is 11.1. The molecule has 3 rings (SSSR count). The molecule has 17 unspecified atom stereocenters. The number of unbranched alkanes of at least 4 members (excludes halogenated alkanes) is 27. The Bertz CT molecular complexity index is 1660. The lowest BCUT2D eigenvalue weighted by atomic mass is 9.96. The smallest absolute Gasteiger partial charge is 0.220 e. The van der Waals surface area contributed by atoms with Gasteiger partial charge in [-0.15, -0.1) is 0 Å². The van der Waals surface area contributed by atoms with Gasteiger partial charge in [-0.3, -0.25) is 4.79 Å². The van der Waals surface area contributed by atoms with E-state index in [1.165, 1.54) is 135 Å². The van der Waals surface area contributed by atoms with Crippen molar-refractivity contribution >= 4 is 5.91 Å². The number of hydrogen-bond acceptors (Lipinski definition) is 18. The topological polar surface area (TPSA) is 307 Å². The summed E-state index contributed by atoms with van der Waals surface area (Å²) in [5.74, 6) is -0.249. The summed E-state index contributed by atoms with van der Waals surface area (Å²) in [7, 11) is 0. The Morgan fingerprint density at radius 2 is 0.795 bits per heavy atom. The monoisotopic (exact) mass is 1190 g/mol. The van der Waals surface area contributed by atoms with Crippen LogP contribution in [0.4, 0.5) is 0 Å². The molecule has 0 saturated carbocycles. The fourth-order valence-electron chi connectivity index (χ4n) is 11.1. The summed E-state index contributed by atoms with van der Waals surface area (Å²) in [5.41, 5.74) is 0. The number of ether oxygens (including phenoxy) is 6. The molecule has 0 radical (unpaired) electrons. The highest BCUT2D eigenvalue weighted by Gasteiger charge is 2.53. The lowest BCUT2D eigenvalue weighted by molar-refractivity contribution is -0.379. The van der Waals surface area contributed by atoms with Crippen LogP contribution in [0, 0.1) is 0 Å². The normalized spacial score (nSPS) is 29.6. The molecule has 0 aromatic heterocycles. The van der Waals surface area contributed by atoms with Crippen LogP contribution in [-0.4, -0.2) is 193 Å². The SMILES string of the molecule is CCCCCCC/C=C\C/C=C\C/C=C\CCCCCCCCCCCCCCCCCCCCC(=O)NC(COC1OC(CO)C(OC2OC(CO)C(OC3OC(CO)C(O)C(O)C3O)C(O)C2O)C(O)C1O)C(O)CCCCCCC. The van der Waals surface area contributed by atoms with Crippen molar-refractivity contribution in [2.24, 2.45) is 0 Å². The zero-order valence-corrected chi connectivity index (χ0v) is 50.9. The van der Waals surface area contributed by atoms with E-state index in [4.69, 9.17) is 28.4 Å². The molecule has 19 heteroatoms. The van der Waals surface area contributed by atoms with Crippen LogP contribution in [0.2, 0.25) is 0 Å². The molecular formula is C64H117NO18. The first-order valence-electron chi connectivity index (χ1n) is 32.7. The molecule has 83 heavy (non-hydrogen) atoms. The van der Waals surface area contributed by atoms with Crippen molar-refractivity contribution < 1.29 is 89.4 Å². The quantitative estimate of drug-likeness (QED) is 0.0211. The number of aliphatic hydroxyl groups is 11. The number of rotatable bonds is 49. The second kappa shape index (κ2) is 47.1. The van der Waals surface area contributed by atoms with Gasteiger partial charge in [0.2, 0.25) is 5.91 Å².